The van der Waals surface area contributed by atoms with Crippen molar-refractivity contribution >= 4 is 0 Å². The molecule has 0 aromatic rings. The maximum atomic E-state index is 10.6. The van der Waals surface area contributed by atoms with Crippen LogP contribution in [0.15, 0.2) is 11.6 Å². The first-order valence-corrected chi connectivity index (χ1v) is 13.6. The van der Waals surface area contributed by atoms with Crippen LogP contribution in [0, 0.1) is 51.8 Å². The predicted molar refractivity (Wildman–Crippen MR) is 132 cm³/mol. The number of aliphatic hydroxyl groups excluding tert-OH is 1. The minimum Gasteiger partial charge on any atom is -0.391 e. The van der Waals surface area contributed by atoms with Crippen LogP contribution in [0.1, 0.15) is 112 Å². The normalized spacial score (nSPS) is 41.7. The number of nitrogens with zero attached hydrogens (tertiary/aromatic N) is 1. The van der Waals surface area contributed by atoms with E-state index in [0.29, 0.717) is 5.41 Å². The van der Waals surface area contributed by atoms with Crippen molar-refractivity contribution in [2.45, 2.75) is 124 Å². The number of nitriles is 1. The number of allylic oxidation sites excluding steroid dienone is 1. The standard InChI is InChI=1S/C27H43NO2.C2H6/c1-25(2,17-28)24(29)7-5-6-18-8-10-21-20(18)12-13-23-22(21)11-9-19-16-26(3,30)14-15-27(19,23)4;1-2/h9,18,20-24,29-30H,5-8,10-16H2,1-4H3;1-2H3/t18?,20?,21?,22?,23?,24?,26-,27?;/m0./s1. The molecular formula is C29H49NO2. The van der Waals surface area contributed by atoms with Gasteiger partial charge in [0.1, 0.15) is 0 Å². The second-order valence-electron chi connectivity index (χ2n) is 12.3. The SMILES string of the molecule is CC.CC(C)(C#N)C(O)CCCC1CCC2C1CCC1C2CC=C2C[C@@](C)(O)CCC21C. The maximum absolute atomic E-state index is 10.6. The van der Waals surface area contributed by atoms with E-state index in [0.717, 1.165) is 61.7 Å². The Morgan fingerprint density at radius 3 is 2.47 bits per heavy atom. The summed E-state index contributed by atoms with van der Waals surface area (Å²) in [7, 11) is 0. The van der Waals surface area contributed by atoms with E-state index in [-0.39, 0.29) is 0 Å². The first-order valence-electron chi connectivity index (χ1n) is 13.6. The first-order chi connectivity index (χ1) is 15.1. The fraction of sp³-hybridized carbons (Fsp3) is 0.897. The molecular weight excluding hydrogens is 394 g/mol. The van der Waals surface area contributed by atoms with Gasteiger partial charge in [-0.1, -0.05) is 45.3 Å². The zero-order valence-corrected chi connectivity index (χ0v) is 21.7. The highest BCUT2D eigenvalue weighted by atomic mass is 16.3. The zero-order chi connectivity index (χ0) is 23.7. The fourth-order valence-corrected chi connectivity index (χ4v) is 7.94. The molecule has 3 saturated carbocycles. The maximum Gasteiger partial charge on any atom is 0.0776 e. The minimum absolute atomic E-state index is 0.321. The average molecular weight is 444 g/mol. The van der Waals surface area contributed by atoms with Crippen molar-refractivity contribution in [3.05, 3.63) is 11.6 Å². The molecule has 32 heavy (non-hydrogen) atoms. The molecule has 7 unspecified atom stereocenters. The fourth-order valence-electron chi connectivity index (χ4n) is 7.94. The number of fused-ring (bicyclic) bond motifs is 5. The van der Waals surface area contributed by atoms with Crippen molar-refractivity contribution < 1.29 is 10.2 Å². The van der Waals surface area contributed by atoms with Crippen molar-refractivity contribution in [3.63, 3.8) is 0 Å². The summed E-state index contributed by atoms with van der Waals surface area (Å²) >= 11 is 0. The summed E-state index contributed by atoms with van der Waals surface area (Å²) in [5.74, 6) is 4.23. The Bertz CT molecular complexity index is 717. The van der Waals surface area contributed by atoms with Crippen LogP contribution < -0.4 is 0 Å². The van der Waals surface area contributed by atoms with Gasteiger partial charge < -0.3 is 10.2 Å². The molecule has 0 spiro atoms. The highest BCUT2D eigenvalue weighted by molar-refractivity contribution is 5.26. The highest BCUT2D eigenvalue weighted by Gasteiger charge is 2.54. The molecule has 0 amide bonds. The van der Waals surface area contributed by atoms with Gasteiger partial charge in [0, 0.05) is 0 Å². The Labute approximate surface area is 197 Å². The summed E-state index contributed by atoms with van der Waals surface area (Å²) in [4.78, 5) is 0. The highest BCUT2D eigenvalue weighted by Crippen LogP contribution is 2.63. The zero-order valence-electron chi connectivity index (χ0n) is 21.7. The lowest BCUT2D eigenvalue weighted by Gasteiger charge is -2.56. The molecule has 0 aliphatic heterocycles. The van der Waals surface area contributed by atoms with E-state index in [2.05, 4.69) is 19.1 Å². The number of hydrogen-bond donors (Lipinski definition) is 2. The predicted octanol–water partition coefficient (Wildman–Crippen LogP) is 7.03. The Kier molecular flexibility index (Phi) is 7.88. The monoisotopic (exact) mass is 443 g/mol. The lowest BCUT2D eigenvalue weighted by molar-refractivity contribution is -0.0416. The van der Waals surface area contributed by atoms with E-state index in [1.165, 1.54) is 38.5 Å². The first kappa shape index (κ1) is 25.8. The third-order valence-electron chi connectivity index (χ3n) is 10.0. The van der Waals surface area contributed by atoms with E-state index in [1.807, 2.05) is 34.6 Å². The van der Waals surface area contributed by atoms with Gasteiger partial charge in [-0.2, -0.15) is 5.26 Å². The molecule has 2 N–H and O–H groups in total. The van der Waals surface area contributed by atoms with Gasteiger partial charge in [0.05, 0.1) is 23.2 Å². The van der Waals surface area contributed by atoms with Crippen molar-refractivity contribution in [1.82, 2.24) is 0 Å². The Morgan fingerprint density at radius 1 is 1.09 bits per heavy atom. The van der Waals surface area contributed by atoms with Gasteiger partial charge in [-0.15, -0.1) is 0 Å². The van der Waals surface area contributed by atoms with E-state index in [9.17, 15) is 15.5 Å². The molecule has 3 fully saturated rings. The number of rotatable bonds is 5. The third-order valence-corrected chi connectivity index (χ3v) is 10.0. The van der Waals surface area contributed by atoms with Gasteiger partial charge >= 0.3 is 0 Å². The van der Waals surface area contributed by atoms with Crippen molar-refractivity contribution in [2.75, 3.05) is 0 Å². The molecule has 0 saturated heterocycles. The minimum atomic E-state index is -0.636. The Morgan fingerprint density at radius 2 is 1.78 bits per heavy atom. The van der Waals surface area contributed by atoms with Gasteiger partial charge in [0.15, 0.2) is 0 Å². The van der Waals surface area contributed by atoms with Crippen molar-refractivity contribution in [2.24, 2.45) is 40.4 Å². The molecule has 0 bridgehead atoms. The number of hydrogen-bond acceptors (Lipinski definition) is 3. The topological polar surface area (TPSA) is 64.2 Å². The summed E-state index contributed by atoms with van der Waals surface area (Å²) in [5, 5.41) is 30.2. The molecule has 0 radical (unpaired) electrons. The largest absolute Gasteiger partial charge is 0.391 e. The van der Waals surface area contributed by atoms with Crippen LogP contribution in [0.4, 0.5) is 0 Å². The summed E-state index contributed by atoms with van der Waals surface area (Å²) in [5.41, 5.74) is 0.740. The molecule has 0 aromatic carbocycles. The lowest BCUT2D eigenvalue weighted by atomic mass is 9.49. The van der Waals surface area contributed by atoms with Crippen molar-refractivity contribution in [3.8, 4) is 6.07 Å². The van der Waals surface area contributed by atoms with Crippen LogP contribution in [-0.4, -0.2) is 21.9 Å². The molecule has 3 heteroatoms. The van der Waals surface area contributed by atoms with Gasteiger partial charge in [-0.25, -0.2) is 0 Å². The molecule has 3 nitrogen and oxygen atoms in total. The molecule has 0 heterocycles. The summed E-state index contributed by atoms with van der Waals surface area (Å²) in [6.07, 6.45) is 14.7. The van der Waals surface area contributed by atoms with E-state index in [1.54, 1.807) is 5.57 Å². The van der Waals surface area contributed by atoms with E-state index < -0.39 is 17.1 Å². The molecule has 0 aromatic heterocycles. The molecule has 8 atom stereocenters. The molecule has 4 aliphatic rings. The summed E-state index contributed by atoms with van der Waals surface area (Å²) in [6, 6.07) is 2.26. The van der Waals surface area contributed by atoms with Crippen LogP contribution >= 0.6 is 0 Å². The van der Waals surface area contributed by atoms with Gasteiger partial charge in [0.25, 0.3) is 0 Å². The Balaban J connectivity index is 0.00000141. The Hall–Kier alpha value is -0.850. The van der Waals surface area contributed by atoms with Gasteiger partial charge in [-0.3, -0.25) is 0 Å². The molecule has 182 valence electrons. The smallest absolute Gasteiger partial charge is 0.0776 e. The molecule has 4 aliphatic carbocycles. The quantitative estimate of drug-likeness (QED) is 0.448. The summed E-state index contributed by atoms with van der Waals surface area (Å²) < 4.78 is 0. The van der Waals surface area contributed by atoms with Gasteiger partial charge in [0.2, 0.25) is 0 Å². The molecule has 4 rings (SSSR count). The lowest BCUT2D eigenvalue weighted by Crippen LogP contribution is -2.49. The van der Waals surface area contributed by atoms with Crippen LogP contribution in [0.3, 0.4) is 0 Å². The van der Waals surface area contributed by atoms with Crippen molar-refractivity contribution in [1.29, 1.82) is 5.26 Å². The van der Waals surface area contributed by atoms with Crippen LogP contribution in [-0.2, 0) is 0 Å². The van der Waals surface area contributed by atoms with Crippen LogP contribution in [0.2, 0.25) is 0 Å². The van der Waals surface area contributed by atoms with Crippen LogP contribution in [0.5, 0.6) is 0 Å². The van der Waals surface area contributed by atoms with E-state index in [4.69, 9.17) is 0 Å². The average Bonchev–Trinajstić information content (AvgIpc) is 3.18. The van der Waals surface area contributed by atoms with E-state index >= 15 is 0 Å². The van der Waals surface area contributed by atoms with Gasteiger partial charge in [-0.05, 0) is 114 Å². The second kappa shape index (κ2) is 9.79. The number of aliphatic hydroxyl groups is 2. The second-order valence-corrected chi connectivity index (χ2v) is 12.3. The third kappa shape index (κ3) is 4.83. The van der Waals surface area contributed by atoms with Crippen LogP contribution in [0.25, 0.3) is 0 Å². The summed E-state index contributed by atoms with van der Waals surface area (Å²) in [6.45, 7) is 12.2.